The van der Waals surface area contributed by atoms with E-state index in [-0.39, 0.29) is 5.91 Å². The summed E-state index contributed by atoms with van der Waals surface area (Å²) in [6, 6.07) is 21.5. The van der Waals surface area contributed by atoms with Crippen LogP contribution in [0, 0.1) is 11.3 Å². The number of anilines is 1. The number of amides is 1. The maximum Gasteiger partial charge on any atom is 0.255 e. The first-order valence-corrected chi connectivity index (χ1v) is 10.3. The SMILES string of the molecule is N#Cc1ccc(C(=O)Nc2ccc(Cl)c(-c3ccc(OCCn4ccnc4)cc3)c2)cc1. The van der Waals surface area contributed by atoms with E-state index >= 15 is 0 Å². The summed E-state index contributed by atoms with van der Waals surface area (Å²) in [5, 5.41) is 12.3. The minimum atomic E-state index is -0.260. The first-order chi connectivity index (χ1) is 15.6. The Morgan fingerprint density at radius 1 is 1.09 bits per heavy atom. The largest absolute Gasteiger partial charge is 0.492 e. The van der Waals surface area contributed by atoms with Gasteiger partial charge in [-0.25, -0.2) is 4.98 Å². The monoisotopic (exact) mass is 442 g/mol. The summed E-state index contributed by atoms with van der Waals surface area (Å²) in [5.41, 5.74) is 3.31. The van der Waals surface area contributed by atoms with Crippen molar-refractivity contribution in [3.05, 3.63) is 102 Å². The lowest BCUT2D eigenvalue weighted by molar-refractivity contribution is 0.102. The summed E-state index contributed by atoms with van der Waals surface area (Å²) in [6.45, 7) is 1.25. The van der Waals surface area contributed by atoms with Crippen molar-refractivity contribution in [2.75, 3.05) is 11.9 Å². The van der Waals surface area contributed by atoms with Crippen molar-refractivity contribution >= 4 is 23.2 Å². The predicted molar refractivity (Wildman–Crippen MR) is 124 cm³/mol. The fourth-order valence-electron chi connectivity index (χ4n) is 3.14. The average Bonchev–Trinajstić information content (AvgIpc) is 3.34. The molecule has 1 N–H and O–H groups in total. The standard InChI is InChI=1S/C25H19ClN4O2/c26-24-10-7-21(29-25(31)20-3-1-18(16-27)2-4-20)15-23(24)19-5-8-22(9-6-19)32-14-13-30-12-11-28-17-30/h1-12,15,17H,13-14H2,(H,29,31). The molecule has 4 aromatic rings. The van der Waals surface area contributed by atoms with Gasteiger partial charge in [0.25, 0.3) is 5.91 Å². The summed E-state index contributed by atoms with van der Waals surface area (Å²) in [5.74, 6) is 0.500. The molecule has 1 aromatic heterocycles. The molecule has 1 heterocycles. The van der Waals surface area contributed by atoms with Crippen LogP contribution in [0.1, 0.15) is 15.9 Å². The lowest BCUT2D eigenvalue weighted by Gasteiger charge is -2.11. The second-order valence-electron chi connectivity index (χ2n) is 7.01. The van der Waals surface area contributed by atoms with Crippen molar-refractivity contribution in [2.24, 2.45) is 0 Å². The summed E-state index contributed by atoms with van der Waals surface area (Å²) in [7, 11) is 0. The van der Waals surface area contributed by atoms with Gasteiger partial charge in [0.05, 0.1) is 24.5 Å². The number of carbonyl (C=O) groups is 1. The molecule has 3 aromatic carbocycles. The molecule has 0 unspecified atom stereocenters. The van der Waals surface area contributed by atoms with Crippen LogP contribution in [-0.2, 0) is 6.54 Å². The van der Waals surface area contributed by atoms with Gasteiger partial charge < -0.3 is 14.6 Å². The zero-order chi connectivity index (χ0) is 22.3. The van der Waals surface area contributed by atoms with Gasteiger partial charge in [0, 0.05) is 34.2 Å². The molecule has 4 rings (SSSR count). The first kappa shape index (κ1) is 21.2. The van der Waals surface area contributed by atoms with E-state index in [1.54, 1.807) is 48.9 Å². The lowest BCUT2D eigenvalue weighted by atomic mass is 10.0. The lowest BCUT2D eigenvalue weighted by Crippen LogP contribution is -2.11. The van der Waals surface area contributed by atoms with Crippen molar-refractivity contribution in [3.8, 4) is 22.9 Å². The molecule has 0 spiro atoms. The molecule has 0 saturated heterocycles. The number of rotatable bonds is 7. The second-order valence-corrected chi connectivity index (χ2v) is 7.42. The van der Waals surface area contributed by atoms with Crippen molar-refractivity contribution in [1.29, 1.82) is 5.26 Å². The molecule has 1 amide bonds. The molecule has 0 fully saturated rings. The van der Waals surface area contributed by atoms with Gasteiger partial charge in [0.15, 0.2) is 0 Å². The quantitative estimate of drug-likeness (QED) is 0.415. The Morgan fingerprint density at radius 2 is 1.88 bits per heavy atom. The van der Waals surface area contributed by atoms with Gasteiger partial charge in [-0.3, -0.25) is 4.79 Å². The third-order valence-corrected chi connectivity index (χ3v) is 5.17. The highest BCUT2D eigenvalue weighted by atomic mass is 35.5. The van der Waals surface area contributed by atoms with E-state index in [2.05, 4.69) is 10.3 Å². The van der Waals surface area contributed by atoms with Crippen molar-refractivity contribution in [1.82, 2.24) is 9.55 Å². The summed E-state index contributed by atoms with van der Waals surface area (Å²) >= 11 is 6.41. The fraction of sp³-hybridized carbons (Fsp3) is 0.0800. The number of halogens is 1. The Bertz CT molecular complexity index is 1240. The number of imidazole rings is 1. The van der Waals surface area contributed by atoms with E-state index in [1.807, 2.05) is 47.2 Å². The van der Waals surface area contributed by atoms with Crippen molar-refractivity contribution in [3.63, 3.8) is 0 Å². The van der Waals surface area contributed by atoms with E-state index < -0.39 is 0 Å². The van der Waals surface area contributed by atoms with Crippen LogP contribution in [0.4, 0.5) is 5.69 Å². The first-order valence-electron chi connectivity index (χ1n) is 9.92. The number of aromatic nitrogens is 2. The number of benzene rings is 3. The van der Waals surface area contributed by atoms with Crippen LogP contribution < -0.4 is 10.1 Å². The molecular weight excluding hydrogens is 424 g/mol. The molecule has 0 saturated carbocycles. The molecule has 32 heavy (non-hydrogen) atoms. The normalized spacial score (nSPS) is 10.4. The van der Waals surface area contributed by atoms with E-state index in [4.69, 9.17) is 21.6 Å². The highest BCUT2D eigenvalue weighted by molar-refractivity contribution is 6.33. The van der Waals surface area contributed by atoms with Gasteiger partial charge in [-0.15, -0.1) is 0 Å². The number of nitrogens with one attached hydrogen (secondary N) is 1. The van der Waals surface area contributed by atoms with E-state index in [1.165, 1.54) is 0 Å². The van der Waals surface area contributed by atoms with Gasteiger partial charge >= 0.3 is 0 Å². The Hall–Kier alpha value is -4.08. The van der Waals surface area contributed by atoms with Gasteiger partial charge in [-0.1, -0.05) is 23.7 Å². The smallest absolute Gasteiger partial charge is 0.255 e. The maximum atomic E-state index is 12.5. The van der Waals surface area contributed by atoms with Crippen LogP contribution in [-0.4, -0.2) is 22.1 Å². The van der Waals surface area contributed by atoms with Gasteiger partial charge in [-0.05, 0) is 60.2 Å². The molecule has 0 atom stereocenters. The maximum absolute atomic E-state index is 12.5. The minimum Gasteiger partial charge on any atom is -0.492 e. The van der Waals surface area contributed by atoms with Crippen LogP contribution >= 0.6 is 11.6 Å². The van der Waals surface area contributed by atoms with Gasteiger partial charge in [0.2, 0.25) is 0 Å². The Morgan fingerprint density at radius 3 is 2.56 bits per heavy atom. The molecule has 7 heteroatoms. The molecule has 0 radical (unpaired) electrons. The summed E-state index contributed by atoms with van der Waals surface area (Å²) < 4.78 is 7.73. The average molecular weight is 443 g/mol. The summed E-state index contributed by atoms with van der Waals surface area (Å²) in [4.78, 5) is 16.5. The Labute approximate surface area is 190 Å². The van der Waals surface area contributed by atoms with Crippen LogP contribution in [0.15, 0.2) is 85.5 Å². The van der Waals surface area contributed by atoms with Crippen LogP contribution in [0.3, 0.4) is 0 Å². The van der Waals surface area contributed by atoms with Crippen molar-refractivity contribution in [2.45, 2.75) is 6.54 Å². The van der Waals surface area contributed by atoms with E-state index in [0.717, 1.165) is 16.9 Å². The predicted octanol–water partition coefficient (Wildman–Crippen LogP) is 5.41. The molecule has 0 bridgehead atoms. The van der Waals surface area contributed by atoms with E-state index in [9.17, 15) is 4.79 Å². The third-order valence-electron chi connectivity index (χ3n) is 4.84. The van der Waals surface area contributed by atoms with Gasteiger partial charge in [0.1, 0.15) is 12.4 Å². The molecule has 0 aliphatic heterocycles. The summed E-state index contributed by atoms with van der Waals surface area (Å²) in [6.07, 6.45) is 5.38. The number of hydrogen-bond donors (Lipinski definition) is 1. The topological polar surface area (TPSA) is 79.9 Å². The highest BCUT2D eigenvalue weighted by Gasteiger charge is 2.10. The molecule has 6 nitrogen and oxygen atoms in total. The number of carbonyl (C=O) groups excluding carboxylic acids is 1. The fourth-order valence-corrected chi connectivity index (χ4v) is 3.37. The second kappa shape index (κ2) is 9.82. The Kier molecular flexibility index (Phi) is 6.49. The van der Waals surface area contributed by atoms with Gasteiger partial charge in [-0.2, -0.15) is 5.26 Å². The third kappa shape index (κ3) is 5.15. The van der Waals surface area contributed by atoms with E-state index in [0.29, 0.717) is 35.0 Å². The molecular formula is C25H19ClN4O2. The van der Waals surface area contributed by atoms with Crippen LogP contribution in [0.25, 0.3) is 11.1 Å². The highest BCUT2D eigenvalue weighted by Crippen LogP contribution is 2.32. The van der Waals surface area contributed by atoms with Crippen LogP contribution in [0.5, 0.6) is 5.75 Å². The number of ether oxygens (including phenoxy) is 1. The molecule has 0 aliphatic carbocycles. The molecule has 158 valence electrons. The van der Waals surface area contributed by atoms with Crippen LogP contribution in [0.2, 0.25) is 5.02 Å². The number of hydrogen-bond acceptors (Lipinski definition) is 4. The minimum absolute atomic E-state index is 0.260. The Balaban J connectivity index is 1.43. The van der Waals surface area contributed by atoms with Crippen molar-refractivity contribution < 1.29 is 9.53 Å². The zero-order valence-electron chi connectivity index (χ0n) is 17.0. The number of nitriles is 1. The molecule has 0 aliphatic rings. The zero-order valence-corrected chi connectivity index (χ0v) is 17.8. The number of nitrogens with zero attached hydrogens (tertiary/aromatic N) is 3.